The van der Waals surface area contributed by atoms with Crippen molar-refractivity contribution in [3.63, 3.8) is 0 Å². The minimum Gasteiger partial charge on any atom is -0.336 e. The number of rotatable bonds is 4. The van der Waals surface area contributed by atoms with Gasteiger partial charge in [0, 0.05) is 38.3 Å². The van der Waals surface area contributed by atoms with Crippen LogP contribution in [0.2, 0.25) is 0 Å². The van der Waals surface area contributed by atoms with Crippen molar-refractivity contribution in [2.45, 2.75) is 6.54 Å². The maximum Gasteiger partial charge on any atom is 0.254 e. The van der Waals surface area contributed by atoms with E-state index < -0.39 is 0 Å². The minimum absolute atomic E-state index is 0.0517. The molecule has 1 aliphatic rings. The van der Waals surface area contributed by atoms with Crippen molar-refractivity contribution in [1.29, 1.82) is 0 Å². The highest BCUT2D eigenvalue weighted by Crippen LogP contribution is 2.14. The van der Waals surface area contributed by atoms with E-state index in [1.54, 1.807) is 18.7 Å². The van der Waals surface area contributed by atoms with Crippen molar-refractivity contribution >= 4 is 16.9 Å². The number of carbonyl (C=O) groups is 1. The molecule has 124 valence electrons. The molecule has 0 atom stereocenters. The Bertz CT molecular complexity index is 819. The lowest BCUT2D eigenvalue weighted by Crippen LogP contribution is -2.49. The van der Waals surface area contributed by atoms with Crippen LogP contribution in [0.25, 0.3) is 11.0 Å². The molecule has 0 radical (unpaired) electrons. The summed E-state index contributed by atoms with van der Waals surface area (Å²) in [6.07, 6.45) is 3.27. The maximum atomic E-state index is 12.6. The Morgan fingerprint density at radius 3 is 2.71 bits per heavy atom. The van der Waals surface area contributed by atoms with E-state index in [-0.39, 0.29) is 5.91 Å². The van der Waals surface area contributed by atoms with Gasteiger partial charge >= 0.3 is 0 Å². The van der Waals surface area contributed by atoms with Gasteiger partial charge in [-0.2, -0.15) is 20.5 Å². The third kappa shape index (κ3) is 2.98. The zero-order valence-corrected chi connectivity index (χ0v) is 13.2. The Balaban J connectivity index is 1.33. The molecule has 0 bridgehead atoms. The van der Waals surface area contributed by atoms with Crippen LogP contribution in [-0.4, -0.2) is 78.6 Å². The van der Waals surface area contributed by atoms with E-state index in [4.69, 9.17) is 0 Å². The summed E-state index contributed by atoms with van der Waals surface area (Å²) < 4.78 is 1.82. The average Bonchev–Trinajstić information content (AvgIpc) is 3.30. The standard InChI is InChI=1S/C15H18N8O/c24-15(12-1-2-13-14(9-12)19-20-18-13)22-6-3-21(4-7-22)5-8-23-11-16-10-17-23/h1-2,9-11H,3-8H2,(H,18,19,20). The predicted molar refractivity (Wildman–Crippen MR) is 86.3 cm³/mol. The van der Waals surface area contributed by atoms with Gasteiger partial charge in [-0.25, -0.2) is 4.98 Å². The summed E-state index contributed by atoms with van der Waals surface area (Å²) >= 11 is 0. The summed E-state index contributed by atoms with van der Waals surface area (Å²) in [5.74, 6) is 0.0517. The van der Waals surface area contributed by atoms with E-state index in [0.29, 0.717) is 11.1 Å². The van der Waals surface area contributed by atoms with Crippen LogP contribution in [-0.2, 0) is 6.54 Å². The smallest absolute Gasteiger partial charge is 0.254 e. The lowest BCUT2D eigenvalue weighted by molar-refractivity contribution is 0.0632. The highest BCUT2D eigenvalue weighted by molar-refractivity contribution is 5.97. The van der Waals surface area contributed by atoms with Crippen LogP contribution in [0.15, 0.2) is 30.9 Å². The second-order valence-corrected chi connectivity index (χ2v) is 5.82. The second-order valence-electron chi connectivity index (χ2n) is 5.82. The summed E-state index contributed by atoms with van der Waals surface area (Å²) in [4.78, 5) is 20.8. The van der Waals surface area contributed by atoms with Gasteiger partial charge in [0.05, 0.1) is 6.54 Å². The first-order valence-electron chi connectivity index (χ1n) is 7.94. The fourth-order valence-corrected chi connectivity index (χ4v) is 2.92. The van der Waals surface area contributed by atoms with Crippen LogP contribution >= 0.6 is 0 Å². The molecule has 9 nitrogen and oxygen atoms in total. The van der Waals surface area contributed by atoms with Gasteiger partial charge in [0.2, 0.25) is 0 Å². The lowest BCUT2D eigenvalue weighted by atomic mass is 10.1. The van der Waals surface area contributed by atoms with Crippen LogP contribution in [0, 0.1) is 0 Å². The molecule has 3 heterocycles. The first-order valence-corrected chi connectivity index (χ1v) is 7.94. The highest BCUT2D eigenvalue weighted by atomic mass is 16.2. The summed E-state index contributed by atoms with van der Waals surface area (Å²) in [5.41, 5.74) is 2.14. The van der Waals surface area contributed by atoms with Crippen molar-refractivity contribution in [1.82, 2.24) is 40.0 Å². The zero-order valence-electron chi connectivity index (χ0n) is 13.2. The number of hydrogen-bond donors (Lipinski definition) is 1. The minimum atomic E-state index is 0.0517. The van der Waals surface area contributed by atoms with E-state index in [2.05, 4.69) is 30.4 Å². The van der Waals surface area contributed by atoms with Crippen molar-refractivity contribution in [3.05, 3.63) is 36.4 Å². The molecule has 1 amide bonds. The Morgan fingerprint density at radius 1 is 1.08 bits per heavy atom. The number of aromatic nitrogens is 6. The van der Waals surface area contributed by atoms with Crippen LogP contribution in [0.4, 0.5) is 0 Å². The monoisotopic (exact) mass is 326 g/mol. The van der Waals surface area contributed by atoms with Gasteiger partial charge in [-0.3, -0.25) is 14.4 Å². The lowest BCUT2D eigenvalue weighted by Gasteiger charge is -2.34. The summed E-state index contributed by atoms with van der Waals surface area (Å²) in [7, 11) is 0. The van der Waals surface area contributed by atoms with Crippen LogP contribution in [0.3, 0.4) is 0 Å². The number of piperazine rings is 1. The van der Waals surface area contributed by atoms with E-state index >= 15 is 0 Å². The number of hydrogen-bond acceptors (Lipinski definition) is 6. The van der Waals surface area contributed by atoms with Crippen molar-refractivity contribution in [2.75, 3.05) is 32.7 Å². The number of carbonyl (C=O) groups excluding carboxylic acids is 1. The molecule has 0 saturated carbocycles. The van der Waals surface area contributed by atoms with Crippen LogP contribution in [0.1, 0.15) is 10.4 Å². The first kappa shape index (κ1) is 14.8. The maximum absolute atomic E-state index is 12.6. The molecule has 4 rings (SSSR count). The van der Waals surface area contributed by atoms with Crippen molar-refractivity contribution in [2.24, 2.45) is 0 Å². The topological polar surface area (TPSA) is 95.8 Å². The number of fused-ring (bicyclic) bond motifs is 1. The van der Waals surface area contributed by atoms with Gasteiger partial charge in [-0.05, 0) is 18.2 Å². The van der Waals surface area contributed by atoms with E-state index in [1.807, 2.05) is 21.7 Å². The van der Waals surface area contributed by atoms with Gasteiger partial charge in [0.25, 0.3) is 5.91 Å². The highest BCUT2D eigenvalue weighted by Gasteiger charge is 2.22. The molecule has 1 saturated heterocycles. The van der Waals surface area contributed by atoms with E-state index in [0.717, 1.165) is 44.8 Å². The fraction of sp³-hybridized carbons (Fsp3) is 0.400. The Kier molecular flexibility index (Phi) is 3.91. The third-order valence-corrected chi connectivity index (χ3v) is 4.33. The predicted octanol–water partition coefficient (Wildman–Crippen LogP) is 0.00740. The molecule has 9 heteroatoms. The second kappa shape index (κ2) is 6.36. The Hall–Kier alpha value is -2.81. The molecular weight excluding hydrogens is 308 g/mol. The number of nitrogens with zero attached hydrogens (tertiary/aromatic N) is 7. The summed E-state index contributed by atoms with van der Waals surface area (Å²) in [6.45, 7) is 4.92. The zero-order chi connectivity index (χ0) is 16.4. The summed E-state index contributed by atoms with van der Waals surface area (Å²) in [6, 6.07) is 5.42. The number of H-pyrrole nitrogens is 1. The molecule has 0 spiro atoms. The van der Waals surface area contributed by atoms with E-state index in [9.17, 15) is 4.79 Å². The Morgan fingerprint density at radius 2 is 1.92 bits per heavy atom. The molecule has 1 aliphatic heterocycles. The van der Waals surface area contributed by atoms with Gasteiger partial charge in [-0.15, -0.1) is 0 Å². The van der Waals surface area contributed by atoms with Crippen LogP contribution in [0.5, 0.6) is 0 Å². The Labute approximate surface area is 138 Å². The van der Waals surface area contributed by atoms with Gasteiger partial charge in [0.15, 0.2) is 0 Å². The molecule has 0 unspecified atom stereocenters. The number of aromatic amines is 1. The fourth-order valence-electron chi connectivity index (χ4n) is 2.92. The van der Waals surface area contributed by atoms with Crippen molar-refractivity contribution < 1.29 is 4.79 Å². The first-order chi connectivity index (χ1) is 11.8. The molecule has 24 heavy (non-hydrogen) atoms. The van der Waals surface area contributed by atoms with E-state index in [1.165, 1.54) is 0 Å². The van der Waals surface area contributed by atoms with Gasteiger partial charge in [0.1, 0.15) is 23.7 Å². The van der Waals surface area contributed by atoms with Gasteiger partial charge in [-0.1, -0.05) is 0 Å². The molecular formula is C15H18N8O. The number of benzene rings is 1. The SMILES string of the molecule is O=C(c1ccc2n[nH]nc2c1)N1CCN(CCn2cncn2)CC1. The third-order valence-electron chi connectivity index (χ3n) is 4.33. The van der Waals surface area contributed by atoms with Crippen LogP contribution < -0.4 is 0 Å². The largest absolute Gasteiger partial charge is 0.336 e. The number of nitrogens with one attached hydrogen (secondary N) is 1. The molecule has 1 fully saturated rings. The molecule has 0 aliphatic carbocycles. The van der Waals surface area contributed by atoms with Gasteiger partial charge < -0.3 is 4.90 Å². The quantitative estimate of drug-likeness (QED) is 0.725. The average molecular weight is 326 g/mol. The molecule has 1 aromatic carbocycles. The number of amides is 1. The molecule has 1 N–H and O–H groups in total. The summed E-state index contributed by atoms with van der Waals surface area (Å²) in [5, 5.41) is 14.7. The molecule has 3 aromatic rings. The van der Waals surface area contributed by atoms with Crippen molar-refractivity contribution in [3.8, 4) is 0 Å². The molecule has 2 aromatic heterocycles. The normalized spacial score (nSPS) is 15.9.